The fraction of sp³-hybridized carbons (Fsp3) is 0.267. The third-order valence-electron chi connectivity index (χ3n) is 4.00. The zero-order valence-electron chi connectivity index (χ0n) is 11.6. The minimum Gasteiger partial charge on any atom is -0.383 e. The van der Waals surface area contributed by atoms with Crippen LogP contribution in [0, 0.1) is 6.92 Å². The van der Waals surface area contributed by atoms with Crippen molar-refractivity contribution < 1.29 is 13.5 Å². The number of benzene rings is 1. The van der Waals surface area contributed by atoms with Crippen molar-refractivity contribution >= 4 is 15.7 Å². The summed E-state index contributed by atoms with van der Waals surface area (Å²) in [5, 5.41) is 11.2. The summed E-state index contributed by atoms with van der Waals surface area (Å²) in [5.41, 5.74) is 6.17. The first-order valence-corrected chi connectivity index (χ1v) is 8.28. The van der Waals surface area contributed by atoms with E-state index in [9.17, 15) is 13.5 Å². The van der Waals surface area contributed by atoms with Gasteiger partial charge < -0.3 is 10.8 Å². The number of anilines is 1. The molecule has 0 aliphatic carbocycles. The molecule has 3 N–H and O–H groups in total. The molecule has 2 heterocycles. The highest BCUT2D eigenvalue weighted by Gasteiger charge is 2.43. The van der Waals surface area contributed by atoms with Crippen molar-refractivity contribution in [2.24, 2.45) is 0 Å². The second-order valence-electron chi connectivity index (χ2n) is 5.31. The summed E-state index contributed by atoms with van der Waals surface area (Å²) in [6.07, 6.45) is 1.64. The molecule has 1 aromatic heterocycles. The predicted molar refractivity (Wildman–Crippen MR) is 79.5 cm³/mol. The molecule has 1 aliphatic heterocycles. The van der Waals surface area contributed by atoms with Gasteiger partial charge in [-0.25, -0.2) is 13.4 Å². The Balaban J connectivity index is 2.33. The lowest BCUT2D eigenvalue weighted by Gasteiger charge is -2.35. The SMILES string of the molecule is Cc1ccnc(N)c1C1(O)CCS(=O)(=O)c2ccccc21. The van der Waals surface area contributed by atoms with Gasteiger partial charge in [0.15, 0.2) is 9.84 Å². The van der Waals surface area contributed by atoms with E-state index in [0.29, 0.717) is 11.1 Å². The Morgan fingerprint density at radius 1 is 1.29 bits per heavy atom. The van der Waals surface area contributed by atoms with Gasteiger partial charge in [0.05, 0.1) is 10.6 Å². The summed E-state index contributed by atoms with van der Waals surface area (Å²) < 4.78 is 24.4. The van der Waals surface area contributed by atoms with Gasteiger partial charge in [0.2, 0.25) is 0 Å². The van der Waals surface area contributed by atoms with Crippen LogP contribution in [-0.4, -0.2) is 24.3 Å². The molecule has 0 bridgehead atoms. The molecule has 1 unspecified atom stereocenters. The summed E-state index contributed by atoms with van der Waals surface area (Å²) in [5.74, 6) is 0.112. The van der Waals surface area contributed by atoms with Gasteiger partial charge in [-0.3, -0.25) is 0 Å². The first-order valence-electron chi connectivity index (χ1n) is 6.62. The number of aromatic nitrogens is 1. The molecule has 3 rings (SSSR count). The molecule has 1 aromatic carbocycles. The van der Waals surface area contributed by atoms with Crippen LogP contribution in [0.3, 0.4) is 0 Å². The largest absolute Gasteiger partial charge is 0.383 e. The first kappa shape index (κ1) is 14.0. The van der Waals surface area contributed by atoms with Crippen LogP contribution in [0.25, 0.3) is 0 Å². The van der Waals surface area contributed by atoms with Crippen LogP contribution in [0.2, 0.25) is 0 Å². The quantitative estimate of drug-likeness (QED) is 0.830. The monoisotopic (exact) mass is 304 g/mol. The Hall–Kier alpha value is -1.92. The molecule has 6 heteroatoms. The molecule has 0 saturated carbocycles. The maximum absolute atomic E-state index is 12.2. The van der Waals surface area contributed by atoms with Gasteiger partial charge in [0.25, 0.3) is 0 Å². The number of nitrogens with two attached hydrogens (primary N) is 1. The summed E-state index contributed by atoms with van der Waals surface area (Å²) in [6.45, 7) is 1.83. The number of rotatable bonds is 1. The highest BCUT2D eigenvalue weighted by atomic mass is 32.2. The summed E-state index contributed by atoms with van der Waals surface area (Å²) in [7, 11) is -3.37. The van der Waals surface area contributed by atoms with Gasteiger partial charge >= 0.3 is 0 Å². The molecule has 5 nitrogen and oxygen atoms in total. The van der Waals surface area contributed by atoms with Gasteiger partial charge in [-0.05, 0) is 31.0 Å². The standard InChI is InChI=1S/C15H16N2O3S/c1-10-6-8-17-14(16)13(10)15(18)7-9-21(19,20)12-5-3-2-4-11(12)15/h2-6,8,18H,7,9H2,1H3,(H2,16,17). The summed E-state index contributed by atoms with van der Waals surface area (Å²) in [4.78, 5) is 4.21. The number of aryl methyl sites for hydroxylation is 1. The van der Waals surface area contributed by atoms with Crippen LogP contribution >= 0.6 is 0 Å². The smallest absolute Gasteiger partial charge is 0.178 e. The second-order valence-corrected chi connectivity index (χ2v) is 7.39. The fourth-order valence-electron chi connectivity index (χ4n) is 2.98. The van der Waals surface area contributed by atoms with Crippen LogP contribution in [-0.2, 0) is 15.4 Å². The summed E-state index contributed by atoms with van der Waals surface area (Å²) >= 11 is 0. The zero-order chi connectivity index (χ0) is 15.3. The van der Waals surface area contributed by atoms with Crippen molar-refractivity contribution in [3.8, 4) is 0 Å². The van der Waals surface area contributed by atoms with Gasteiger partial charge in [0, 0.05) is 17.3 Å². The average molecular weight is 304 g/mol. The lowest BCUT2D eigenvalue weighted by atomic mass is 9.82. The van der Waals surface area contributed by atoms with Gasteiger partial charge in [0.1, 0.15) is 11.4 Å². The van der Waals surface area contributed by atoms with E-state index in [1.165, 1.54) is 6.07 Å². The molecule has 0 saturated heterocycles. The average Bonchev–Trinajstić information content (AvgIpc) is 2.44. The number of aliphatic hydroxyl groups is 1. The number of sulfone groups is 1. The van der Waals surface area contributed by atoms with Crippen molar-refractivity contribution in [3.05, 3.63) is 53.2 Å². The summed E-state index contributed by atoms with van der Waals surface area (Å²) in [6, 6.07) is 8.29. The molecule has 0 fully saturated rings. The minimum absolute atomic E-state index is 0.0725. The van der Waals surface area contributed by atoms with Crippen molar-refractivity contribution in [3.63, 3.8) is 0 Å². The Kier molecular flexibility index (Phi) is 3.04. The molecule has 1 aliphatic rings. The fourth-order valence-corrected chi connectivity index (χ4v) is 4.63. The number of pyridine rings is 1. The number of fused-ring (bicyclic) bond motifs is 1. The Morgan fingerprint density at radius 3 is 2.71 bits per heavy atom. The van der Waals surface area contributed by atoms with Crippen molar-refractivity contribution in [2.45, 2.75) is 23.8 Å². The molecule has 21 heavy (non-hydrogen) atoms. The van der Waals surface area contributed by atoms with E-state index in [4.69, 9.17) is 5.73 Å². The lowest BCUT2D eigenvalue weighted by Crippen LogP contribution is -2.37. The third-order valence-corrected chi connectivity index (χ3v) is 5.77. The van der Waals surface area contributed by atoms with E-state index in [1.54, 1.807) is 30.5 Å². The Morgan fingerprint density at radius 2 is 2.00 bits per heavy atom. The third kappa shape index (κ3) is 2.02. The molecule has 0 spiro atoms. The first-order chi connectivity index (χ1) is 9.86. The molecule has 110 valence electrons. The van der Waals surface area contributed by atoms with Crippen LogP contribution in [0.5, 0.6) is 0 Å². The maximum atomic E-state index is 12.2. The van der Waals surface area contributed by atoms with Gasteiger partial charge in [-0.2, -0.15) is 0 Å². The molecular weight excluding hydrogens is 288 g/mol. The lowest BCUT2D eigenvalue weighted by molar-refractivity contribution is 0.0716. The highest BCUT2D eigenvalue weighted by molar-refractivity contribution is 7.91. The van der Waals surface area contributed by atoms with E-state index < -0.39 is 15.4 Å². The molecular formula is C15H16N2O3S. The highest BCUT2D eigenvalue weighted by Crippen LogP contribution is 2.44. The number of hydrogen-bond acceptors (Lipinski definition) is 5. The number of nitrogens with zero attached hydrogens (tertiary/aromatic N) is 1. The van der Waals surface area contributed by atoms with Crippen LogP contribution in [0.4, 0.5) is 5.82 Å². The van der Waals surface area contributed by atoms with Crippen LogP contribution in [0.15, 0.2) is 41.4 Å². The second kappa shape index (κ2) is 4.54. The Labute approximate surface area is 123 Å². The van der Waals surface area contributed by atoms with Crippen LogP contribution < -0.4 is 5.73 Å². The van der Waals surface area contributed by atoms with Gasteiger partial charge in [-0.15, -0.1) is 0 Å². The number of hydrogen-bond donors (Lipinski definition) is 2. The van der Waals surface area contributed by atoms with Crippen molar-refractivity contribution in [1.82, 2.24) is 4.98 Å². The normalized spacial score (nSPS) is 23.5. The Bertz CT molecular complexity index is 797. The van der Waals surface area contributed by atoms with E-state index in [0.717, 1.165) is 5.56 Å². The van der Waals surface area contributed by atoms with E-state index in [-0.39, 0.29) is 22.9 Å². The molecule has 1 atom stereocenters. The predicted octanol–water partition coefficient (Wildman–Crippen LogP) is 1.39. The molecule has 0 amide bonds. The van der Waals surface area contributed by atoms with E-state index in [2.05, 4.69) is 4.98 Å². The van der Waals surface area contributed by atoms with E-state index in [1.807, 2.05) is 6.92 Å². The van der Waals surface area contributed by atoms with Gasteiger partial charge in [-0.1, -0.05) is 18.2 Å². The van der Waals surface area contributed by atoms with Crippen molar-refractivity contribution in [2.75, 3.05) is 11.5 Å². The maximum Gasteiger partial charge on any atom is 0.178 e. The zero-order valence-corrected chi connectivity index (χ0v) is 12.4. The molecule has 2 aromatic rings. The topological polar surface area (TPSA) is 93.3 Å². The van der Waals surface area contributed by atoms with Crippen molar-refractivity contribution in [1.29, 1.82) is 0 Å². The van der Waals surface area contributed by atoms with E-state index >= 15 is 0 Å². The molecule has 0 radical (unpaired) electrons. The number of nitrogen functional groups attached to an aromatic ring is 1. The van der Waals surface area contributed by atoms with Crippen LogP contribution in [0.1, 0.15) is 23.1 Å². The minimum atomic E-state index is -3.37.